The highest BCUT2D eigenvalue weighted by molar-refractivity contribution is 7.07. The summed E-state index contributed by atoms with van der Waals surface area (Å²) in [4.78, 5) is 12.0. The first-order chi connectivity index (χ1) is 7.77. The van der Waals surface area contributed by atoms with Gasteiger partial charge in [0.2, 0.25) is 0 Å². The SMILES string of the molecule is CCCCC(CC)C(=O)CCc1ccsc1. The molecule has 0 aliphatic rings. The van der Waals surface area contributed by atoms with Crippen molar-refractivity contribution in [2.45, 2.75) is 52.4 Å². The number of carbonyl (C=O) groups is 1. The van der Waals surface area contributed by atoms with Gasteiger partial charge in [0, 0.05) is 12.3 Å². The van der Waals surface area contributed by atoms with Gasteiger partial charge in [0.1, 0.15) is 5.78 Å². The van der Waals surface area contributed by atoms with Gasteiger partial charge in [0.25, 0.3) is 0 Å². The maximum atomic E-state index is 12.0. The first-order valence-electron chi connectivity index (χ1n) is 6.31. The lowest BCUT2D eigenvalue weighted by Crippen LogP contribution is -2.14. The van der Waals surface area contributed by atoms with Crippen molar-refractivity contribution in [2.24, 2.45) is 5.92 Å². The van der Waals surface area contributed by atoms with Gasteiger partial charge in [-0.1, -0.05) is 26.7 Å². The Bertz CT molecular complexity index is 290. The van der Waals surface area contributed by atoms with Crippen LogP contribution in [-0.4, -0.2) is 5.78 Å². The second-order valence-electron chi connectivity index (χ2n) is 4.35. The Morgan fingerprint density at radius 2 is 2.25 bits per heavy atom. The van der Waals surface area contributed by atoms with Crippen LogP contribution in [0.3, 0.4) is 0 Å². The monoisotopic (exact) mass is 238 g/mol. The van der Waals surface area contributed by atoms with Crippen molar-refractivity contribution in [3.8, 4) is 0 Å². The van der Waals surface area contributed by atoms with Crippen LogP contribution in [0.1, 0.15) is 51.5 Å². The number of carbonyl (C=O) groups excluding carboxylic acids is 1. The highest BCUT2D eigenvalue weighted by Gasteiger charge is 2.15. The molecule has 0 fully saturated rings. The summed E-state index contributed by atoms with van der Waals surface area (Å²) in [5, 5.41) is 4.22. The number of thiophene rings is 1. The largest absolute Gasteiger partial charge is 0.299 e. The molecular formula is C14H22OS. The molecule has 1 nitrogen and oxygen atoms in total. The summed E-state index contributed by atoms with van der Waals surface area (Å²) >= 11 is 1.71. The molecule has 0 amide bonds. The molecule has 1 atom stereocenters. The van der Waals surface area contributed by atoms with E-state index in [0.717, 1.165) is 25.7 Å². The zero-order chi connectivity index (χ0) is 11.8. The van der Waals surface area contributed by atoms with Crippen LogP contribution in [0.5, 0.6) is 0 Å². The van der Waals surface area contributed by atoms with Gasteiger partial charge in [0.05, 0.1) is 0 Å². The molecular weight excluding hydrogens is 216 g/mol. The van der Waals surface area contributed by atoms with Crippen LogP contribution in [0.15, 0.2) is 16.8 Å². The van der Waals surface area contributed by atoms with Crippen LogP contribution >= 0.6 is 11.3 Å². The van der Waals surface area contributed by atoms with Crippen molar-refractivity contribution in [3.63, 3.8) is 0 Å². The Hall–Kier alpha value is -0.630. The van der Waals surface area contributed by atoms with E-state index in [9.17, 15) is 4.79 Å². The molecule has 0 aromatic carbocycles. The molecule has 16 heavy (non-hydrogen) atoms. The van der Waals surface area contributed by atoms with Crippen LogP contribution in [0.25, 0.3) is 0 Å². The molecule has 0 bridgehead atoms. The smallest absolute Gasteiger partial charge is 0.136 e. The zero-order valence-corrected chi connectivity index (χ0v) is 11.2. The van der Waals surface area contributed by atoms with Crippen molar-refractivity contribution in [3.05, 3.63) is 22.4 Å². The zero-order valence-electron chi connectivity index (χ0n) is 10.4. The van der Waals surface area contributed by atoms with Gasteiger partial charge in [-0.25, -0.2) is 0 Å². The summed E-state index contributed by atoms with van der Waals surface area (Å²) in [6.45, 7) is 4.31. The number of unbranched alkanes of at least 4 members (excludes halogenated alkanes) is 1. The van der Waals surface area contributed by atoms with E-state index < -0.39 is 0 Å². The third-order valence-corrected chi connectivity index (χ3v) is 3.83. The van der Waals surface area contributed by atoms with Gasteiger partial charge in [-0.05, 0) is 41.7 Å². The third kappa shape index (κ3) is 4.48. The van der Waals surface area contributed by atoms with Crippen LogP contribution in [0, 0.1) is 5.92 Å². The van der Waals surface area contributed by atoms with Crippen molar-refractivity contribution in [2.75, 3.05) is 0 Å². The molecule has 0 spiro atoms. The quantitative estimate of drug-likeness (QED) is 0.653. The minimum Gasteiger partial charge on any atom is -0.299 e. The Balaban J connectivity index is 2.31. The lowest BCUT2D eigenvalue weighted by atomic mass is 9.91. The lowest BCUT2D eigenvalue weighted by Gasteiger charge is -2.12. The van der Waals surface area contributed by atoms with Crippen LogP contribution < -0.4 is 0 Å². The second kappa shape index (κ2) is 7.61. The fourth-order valence-electron chi connectivity index (χ4n) is 1.95. The van der Waals surface area contributed by atoms with Gasteiger partial charge < -0.3 is 0 Å². The predicted molar refractivity (Wildman–Crippen MR) is 71.0 cm³/mol. The normalized spacial score (nSPS) is 12.6. The minimum absolute atomic E-state index is 0.304. The van der Waals surface area contributed by atoms with Gasteiger partial charge in [-0.15, -0.1) is 0 Å². The highest BCUT2D eigenvalue weighted by Crippen LogP contribution is 2.17. The number of Topliss-reactive ketones (excluding diaryl/α,β-unsaturated/α-hetero) is 1. The van der Waals surface area contributed by atoms with E-state index in [4.69, 9.17) is 0 Å². The van der Waals surface area contributed by atoms with Crippen molar-refractivity contribution in [1.82, 2.24) is 0 Å². The number of hydrogen-bond donors (Lipinski definition) is 0. The molecule has 2 heteroatoms. The van der Waals surface area contributed by atoms with E-state index in [-0.39, 0.29) is 0 Å². The standard InChI is InChI=1S/C14H22OS/c1-3-5-6-13(4-2)14(15)8-7-12-9-10-16-11-12/h9-11,13H,3-8H2,1-2H3. The van der Waals surface area contributed by atoms with E-state index in [2.05, 4.69) is 30.7 Å². The van der Waals surface area contributed by atoms with Gasteiger partial charge >= 0.3 is 0 Å². The number of aryl methyl sites for hydroxylation is 1. The fraction of sp³-hybridized carbons (Fsp3) is 0.643. The molecule has 0 N–H and O–H groups in total. The van der Waals surface area contributed by atoms with E-state index in [0.29, 0.717) is 11.7 Å². The van der Waals surface area contributed by atoms with Crippen molar-refractivity contribution >= 4 is 17.1 Å². The Kier molecular flexibility index (Phi) is 6.39. The summed E-state index contributed by atoms with van der Waals surface area (Å²) in [6.07, 6.45) is 6.10. The molecule has 1 aromatic rings. The maximum absolute atomic E-state index is 12.0. The molecule has 90 valence electrons. The van der Waals surface area contributed by atoms with Crippen molar-refractivity contribution in [1.29, 1.82) is 0 Å². The van der Waals surface area contributed by atoms with Gasteiger partial charge in [-0.2, -0.15) is 11.3 Å². The molecule has 1 rings (SSSR count). The third-order valence-electron chi connectivity index (χ3n) is 3.09. The summed E-state index contributed by atoms with van der Waals surface area (Å²) in [5.74, 6) is 0.765. The van der Waals surface area contributed by atoms with E-state index in [1.807, 2.05) is 0 Å². The average Bonchev–Trinajstić information content (AvgIpc) is 2.80. The second-order valence-corrected chi connectivity index (χ2v) is 5.13. The maximum Gasteiger partial charge on any atom is 0.136 e. The van der Waals surface area contributed by atoms with E-state index >= 15 is 0 Å². The summed E-state index contributed by atoms with van der Waals surface area (Å²) < 4.78 is 0. The molecule has 1 aromatic heterocycles. The fourth-order valence-corrected chi connectivity index (χ4v) is 2.65. The molecule has 0 aliphatic heterocycles. The number of rotatable bonds is 8. The van der Waals surface area contributed by atoms with E-state index in [1.54, 1.807) is 11.3 Å². The molecule has 1 heterocycles. The van der Waals surface area contributed by atoms with Crippen LogP contribution in [0.2, 0.25) is 0 Å². The first kappa shape index (κ1) is 13.4. The van der Waals surface area contributed by atoms with Crippen LogP contribution in [-0.2, 0) is 11.2 Å². The van der Waals surface area contributed by atoms with Gasteiger partial charge in [0.15, 0.2) is 0 Å². The first-order valence-corrected chi connectivity index (χ1v) is 7.26. The lowest BCUT2D eigenvalue weighted by molar-refractivity contribution is -0.123. The molecule has 0 radical (unpaired) electrons. The topological polar surface area (TPSA) is 17.1 Å². The highest BCUT2D eigenvalue weighted by atomic mass is 32.1. The minimum atomic E-state index is 0.304. The van der Waals surface area contributed by atoms with Gasteiger partial charge in [-0.3, -0.25) is 4.79 Å². The Labute approximate surface area is 103 Å². The summed E-state index contributed by atoms with van der Waals surface area (Å²) in [5.41, 5.74) is 1.31. The van der Waals surface area contributed by atoms with Crippen LogP contribution in [0.4, 0.5) is 0 Å². The summed E-state index contributed by atoms with van der Waals surface area (Å²) in [6, 6.07) is 2.12. The Morgan fingerprint density at radius 1 is 1.44 bits per heavy atom. The van der Waals surface area contributed by atoms with Crippen molar-refractivity contribution < 1.29 is 4.79 Å². The predicted octanol–water partition coefficient (Wildman–Crippen LogP) is 4.47. The van der Waals surface area contributed by atoms with E-state index in [1.165, 1.54) is 18.4 Å². The Morgan fingerprint density at radius 3 is 2.81 bits per heavy atom. The number of ketones is 1. The number of hydrogen-bond acceptors (Lipinski definition) is 2. The average molecular weight is 238 g/mol. The molecule has 0 saturated carbocycles. The molecule has 1 unspecified atom stereocenters. The summed E-state index contributed by atoms with van der Waals surface area (Å²) in [7, 11) is 0. The molecule has 0 saturated heterocycles. The molecule has 0 aliphatic carbocycles.